The molecule has 0 aromatic carbocycles. The summed E-state index contributed by atoms with van der Waals surface area (Å²) in [4.78, 5) is 58.8. The van der Waals surface area contributed by atoms with Crippen LogP contribution in [0.15, 0.2) is 170 Å². The Kier molecular flexibility index (Phi) is 82.4. The van der Waals surface area contributed by atoms with E-state index in [1.807, 2.05) is 0 Å². The molecule has 0 rings (SSSR count). The van der Waals surface area contributed by atoms with Gasteiger partial charge in [-0.1, -0.05) is 351 Å². The summed E-state index contributed by atoms with van der Waals surface area (Å²) in [7, 11) is -9.81. The molecule has 0 saturated carbocycles. The topological polar surface area (TPSA) is 231 Å². The van der Waals surface area contributed by atoms with Crippen LogP contribution in [0.3, 0.4) is 0 Å². The molecule has 0 aliphatic carbocycles. The van der Waals surface area contributed by atoms with Crippen molar-refractivity contribution in [1.82, 2.24) is 0 Å². The number of carbonyl (C=O) groups excluding carboxylic acids is 3. The molecule has 113 heavy (non-hydrogen) atoms. The first kappa shape index (κ1) is 108. The van der Waals surface area contributed by atoms with Crippen LogP contribution in [0, 0.1) is 0 Å². The fraction of sp³-hybridized carbons (Fsp3) is 0.674. The van der Waals surface area contributed by atoms with Crippen LogP contribution in [0.2, 0.25) is 0 Å². The monoisotopic (exact) mass is 1620 g/mol. The largest absolute Gasteiger partial charge is 0.472 e. The quantitative estimate of drug-likeness (QED) is 0.0146. The fourth-order valence-electron chi connectivity index (χ4n) is 11.7. The van der Waals surface area contributed by atoms with E-state index in [1.54, 1.807) is 0 Å². The molecule has 0 saturated heterocycles. The molecule has 5 unspecified atom stereocenters. The highest BCUT2D eigenvalue weighted by atomic mass is 31.2. The Hall–Kier alpha value is -5.09. The Morgan fingerprint density at radius 2 is 0.469 bits per heavy atom. The zero-order chi connectivity index (χ0) is 82.2. The highest BCUT2D eigenvalue weighted by Crippen LogP contribution is 2.45. The number of phosphoric ester groups is 2. The summed E-state index contributed by atoms with van der Waals surface area (Å²) in [5, 5.41) is 20.7. The van der Waals surface area contributed by atoms with E-state index in [1.165, 1.54) is 116 Å². The molecule has 0 radical (unpaired) electrons. The maximum absolute atomic E-state index is 13.0. The van der Waals surface area contributed by atoms with Crippen molar-refractivity contribution in [2.75, 3.05) is 39.6 Å². The number of carbonyl (C=O) groups is 3. The third kappa shape index (κ3) is 87.6. The van der Waals surface area contributed by atoms with E-state index in [4.69, 9.17) is 32.3 Å². The zero-order valence-electron chi connectivity index (χ0n) is 71.0. The number of phosphoric acid groups is 2. The third-order valence-corrected chi connectivity index (χ3v) is 20.3. The SMILES string of the molecule is CC/C=C\C/C=C\C/C=C\C/C=C\C/C=C\C/C=C\CCCCCCCCCCCCCCCCCCC(=O)OCC(O)COP(=O)(O)OCC(O)COP(=O)(O)OCC(COC(=O)CCCCCCCCCC/C=C\C/C=C\C/C=C\C/C=C\C/C=C\C/C=C\CC)OC(=O)CCCCCCC/C=C\C/C=C\CCCCC. The van der Waals surface area contributed by atoms with Crippen molar-refractivity contribution in [1.29, 1.82) is 0 Å². The van der Waals surface area contributed by atoms with Gasteiger partial charge in [-0.05, 0) is 154 Å². The maximum atomic E-state index is 13.0. The average molecular weight is 1620 g/mol. The summed E-state index contributed by atoms with van der Waals surface area (Å²) in [6.07, 6.45) is 111. The molecule has 4 N–H and O–H groups in total. The van der Waals surface area contributed by atoms with Crippen molar-refractivity contribution in [3.63, 3.8) is 0 Å². The van der Waals surface area contributed by atoms with E-state index in [9.17, 15) is 43.5 Å². The van der Waals surface area contributed by atoms with Crippen molar-refractivity contribution in [3.8, 4) is 0 Å². The molecule has 18 heteroatoms. The van der Waals surface area contributed by atoms with Crippen molar-refractivity contribution >= 4 is 33.6 Å². The number of aliphatic hydroxyl groups is 2. The number of esters is 3. The van der Waals surface area contributed by atoms with Gasteiger partial charge in [0.05, 0.1) is 26.4 Å². The van der Waals surface area contributed by atoms with E-state index >= 15 is 0 Å². The summed E-state index contributed by atoms with van der Waals surface area (Å²) >= 11 is 0. The van der Waals surface area contributed by atoms with Gasteiger partial charge in [-0.3, -0.25) is 32.5 Å². The van der Waals surface area contributed by atoms with Gasteiger partial charge in [-0.15, -0.1) is 0 Å². The summed E-state index contributed by atoms with van der Waals surface area (Å²) in [5.41, 5.74) is 0. The molecule has 0 bridgehead atoms. The van der Waals surface area contributed by atoms with Crippen molar-refractivity contribution in [2.24, 2.45) is 0 Å². The minimum absolute atomic E-state index is 0.0829. The molecular weight excluding hydrogens is 1460 g/mol. The van der Waals surface area contributed by atoms with Crippen LogP contribution >= 0.6 is 15.6 Å². The normalized spacial score (nSPS) is 14.6. The van der Waals surface area contributed by atoms with Gasteiger partial charge in [0.15, 0.2) is 6.10 Å². The van der Waals surface area contributed by atoms with Crippen molar-refractivity contribution in [2.45, 2.75) is 373 Å². The second kappa shape index (κ2) is 86.3. The Bertz CT molecular complexity index is 2730. The molecule has 0 heterocycles. The smallest absolute Gasteiger partial charge is 0.463 e. The average Bonchev–Trinajstić information content (AvgIpc) is 0.904. The Morgan fingerprint density at radius 1 is 0.257 bits per heavy atom. The number of allylic oxidation sites excluding steroid dienone is 28. The highest BCUT2D eigenvalue weighted by molar-refractivity contribution is 7.47. The van der Waals surface area contributed by atoms with E-state index in [-0.39, 0.29) is 19.3 Å². The highest BCUT2D eigenvalue weighted by Gasteiger charge is 2.29. The molecule has 646 valence electrons. The first-order valence-electron chi connectivity index (χ1n) is 44.4. The first-order chi connectivity index (χ1) is 55.2. The van der Waals surface area contributed by atoms with Crippen LogP contribution in [0.5, 0.6) is 0 Å². The lowest BCUT2D eigenvalue weighted by molar-refractivity contribution is -0.161. The van der Waals surface area contributed by atoms with Crippen molar-refractivity contribution < 1.29 is 75.8 Å². The molecule has 0 aliphatic heterocycles. The van der Waals surface area contributed by atoms with Crippen LogP contribution < -0.4 is 0 Å². The first-order valence-corrected chi connectivity index (χ1v) is 47.4. The Balaban J connectivity index is 4.47. The molecule has 0 aromatic heterocycles. The summed E-state index contributed by atoms with van der Waals surface area (Å²) in [6, 6.07) is 0. The molecule has 0 aromatic rings. The lowest BCUT2D eigenvalue weighted by Crippen LogP contribution is -2.30. The third-order valence-electron chi connectivity index (χ3n) is 18.4. The summed E-state index contributed by atoms with van der Waals surface area (Å²) in [5.74, 6) is -1.60. The van der Waals surface area contributed by atoms with Crippen LogP contribution in [-0.2, 0) is 55.8 Å². The van der Waals surface area contributed by atoms with Crippen LogP contribution in [0.4, 0.5) is 0 Å². The molecule has 0 spiro atoms. The molecule has 16 nitrogen and oxygen atoms in total. The summed E-state index contributed by atoms with van der Waals surface area (Å²) < 4.78 is 61.3. The van der Waals surface area contributed by atoms with Gasteiger partial charge in [-0.25, -0.2) is 9.13 Å². The minimum Gasteiger partial charge on any atom is -0.463 e. The minimum atomic E-state index is -4.94. The lowest BCUT2D eigenvalue weighted by atomic mass is 10.0. The number of hydrogen-bond acceptors (Lipinski definition) is 14. The maximum Gasteiger partial charge on any atom is 0.472 e. The molecule has 0 amide bonds. The van der Waals surface area contributed by atoms with E-state index in [2.05, 4.69) is 191 Å². The number of rotatable bonds is 83. The number of unbranched alkanes of at least 4 members (excludes halogenated alkanes) is 32. The van der Waals surface area contributed by atoms with Crippen LogP contribution in [-0.4, -0.2) is 95.9 Å². The van der Waals surface area contributed by atoms with E-state index in [0.29, 0.717) is 19.3 Å². The molecule has 5 atom stereocenters. The lowest BCUT2D eigenvalue weighted by Gasteiger charge is -2.21. The Labute approximate surface area is 688 Å². The predicted octanol–water partition coefficient (Wildman–Crippen LogP) is 27.1. The van der Waals surface area contributed by atoms with Gasteiger partial charge < -0.3 is 34.2 Å². The van der Waals surface area contributed by atoms with Gasteiger partial charge in [0, 0.05) is 19.3 Å². The number of ether oxygens (including phenoxy) is 3. The van der Waals surface area contributed by atoms with Gasteiger partial charge in [0.25, 0.3) is 0 Å². The summed E-state index contributed by atoms with van der Waals surface area (Å²) in [6.45, 7) is 2.42. The second-order valence-electron chi connectivity index (χ2n) is 29.3. The standard InChI is InChI=1S/C95H160O16P2/c1-4-7-10-13-16-19-22-25-28-30-32-34-36-38-40-41-42-43-44-45-46-47-49-51-52-54-56-58-61-63-66-69-72-75-78-81-93(98)105-84-90(96)85-107-112(101,102)108-86-91(97)87-109-113(103,104)110-89-92(111-95(100)83-80-77-74-71-68-65-60-27-24-21-18-15-12-9-6-3)88-106-94(99)82-79-76-73-70-67-64-62-59-57-55-53-50-48-39-37-35-33-31-29-26-23-20-17-14-11-8-5-2/h7-8,10-11,16-21,25-29,32-35,38-40,42-43,48,53,55,60,90-92,96-97H,4-6,9,12-15,22-24,30-31,36-37,41,44-47,49-52,54,56-59,61-89H2,1-3H3,(H,101,102)(H,103,104)/b10-7-,11-8-,19-16-,20-17-,21-18-,28-25-,29-26-,34-32-,35-33-,40-38-,43-42-,48-39-,55-53-,60-27-. The van der Waals surface area contributed by atoms with E-state index < -0.39 is 91.5 Å². The van der Waals surface area contributed by atoms with Gasteiger partial charge >= 0.3 is 33.6 Å². The van der Waals surface area contributed by atoms with Crippen LogP contribution in [0.25, 0.3) is 0 Å². The van der Waals surface area contributed by atoms with Crippen LogP contribution in [0.1, 0.15) is 355 Å². The second-order valence-corrected chi connectivity index (χ2v) is 32.2. The van der Waals surface area contributed by atoms with Gasteiger partial charge in [0.1, 0.15) is 25.4 Å². The number of hydrogen-bond donors (Lipinski definition) is 4. The van der Waals surface area contributed by atoms with E-state index in [0.717, 1.165) is 180 Å². The predicted molar refractivity (Wildman–Crippen MR) is 472 cm³/mol. The molecular formula is C95H160O16P2. The fourth-order valence-corrected chi connectivity index (χ4v) is 13.3. The molecule has 0 fully saturated rings. The Morgan fingerprint density at radius 3 is 0.743 bits per heavy atom. The number of aliphatic hydroxyl groups excluding tert-OH is 2. The van der Waals surface area contributed by atoms with Crippen molar-refractivity contribution in [3.05, 3.63) is 170 Å². The molecule has 0 aliphatic rings. The van der Waals surface area contributed by atoms with Gasteiger partial charge in [-0.2, -0.15) is 0 Å². The van der Waals surface area contributed by atoms with Gasteiger partial charge in [0.2, 0.25) is 0 Å². The zero-order valence-corrected chi connectivity index (χ0v) is 72.8.